The summed E-state index contributed by atoms with van der Waals surface area (Å²) in [4.78, 5) is 0. The van der Waals surface area contributed by atoms with Crippen molar-refractivity contribution in [1.82, 2.24) is 0 Å². The molecule has 1 saturated carbocycles. The average Bonchev–Trinajstić information content (AvgIpc) is 3.58. The Morgan fingerprint density at radius 3 is 2.14 bits per heavy atom. The van der Waals surface area contributed by atoms with E-state index in [1.807, 2.05) is 13.8 Å². The smallest absolute Gasteiger partial charge is 0.0147 e. The average molecular weight is 389 g/mol. The molecule has 0 N–H and O–H groups in total. The lowest BCUT2D eigenvalue weighted by molar-refractivity contribution is 0.870. The summed E-state index contributed by atoms with van der Waals surface area (Å²) in [5.41, 5.74) is 9.85. The second-order valence-corrected chi connectivity index (χ2v) is 8.14. The van der Waals surface area contributed by atoms with Crippen LogP contribution in [-0.4, -0.2) is 0 Å². The normalized spacial score (nSPS) is 15.3. The summed E-state index contributed by atoms with van der Waals surface area (Å²) in [6.45, 7) is 12.7. The van der Waals surface area contributed by atoms with Gasteiger partial charge in [-0.2, -0.15) is 0 Å². The van der Waals surface area contributed by atoms with Gasteiger partial charge in [0.2, 0.25) is 0 Å². The van der Waals surface area contributed by atoms with Crippen molar-refractivity contribution in [3.8, 4) is 11.1 Å². The lowest BCUT2D eigenvalue weighted by Crippen LogP contribution is -1.92. The highest BCUT2D eigenvalue weighted by Crippen LogP contribution is 2.38. The minimum absolute atomic E-state index is 0.953. The van der Waals surface area contributed by atoms with Crippen LogP contribution in [0.2, 0.25) is 0 Å². The van der Waals surface area contributed by atoms with Crippen LogP contribution in [0.3, 0.4) is 0 Å². The largest absolute Gasteiger partial charge is 0.0843 e. The van der Waals surface area contributed by atoms with Gasteiger partial charge >= 0.3 is 0 Å². The molecule has 2 aliphatic rings. The quantitative estimate of drug-likeness (QED) is 0.492. The molecule has 0 unspecified atom stereocenters. The molecule has 0 heterocycles. The highest BCUT2D eigenvalue weighted by molar-refractivity contribution is 5.72. The predicted molar refractivity (Wildman–Crippen MR) is 131 cm³/mol. The van der Waals surface area contributed by atoms with Crippen molar-refractivity contribution in [3.05, 3.63) is 82.5 Å². The van der Waals surface area contributed by atoms with Crippen LogP contribution >= 0.6 is 0 Å². The number of aryl methyl sites for hydroxylation is 4. The van der Waals surface area contributed by atoms with E-state index in [4.69, 9.17) is 0 Å². The van der Waals surface area contributed by atoms with Gasteiger partial charge in [-0.05, 0) is 93.0 Å². The van der Waals surface area contributed by atoms with Crippen LogP contribution < -0.4 is 0 Å². The zero-order valence-corrected chi connectivity index (χ0v) is 19.5. The Kier molecular flexibility index (Phi) is 9.45. The van der Waals surface area contributed by atoms with Crippen molar-refractivity contribution in [2.24, 2.45) is 5.92 Å². The molecule has 2 aromatic rings. The monoisotopic (exact) mass is 388 g/mol. The molecule has 2 aromatic carbocycles. The van der Waals surface area contributed by atoms with E-state index >= 15 is 0 Å². The zero-order chi connectivity index (χ0) is 21.2. The van der Waals surface area contributed by atoms with Crippen LogP contribution in [0.25, 0.3) is 11.1 Å². The maximum atomic E-state index is 2.43. The predicted octanol–water partition coefficient (Wildman–Crippen LogP) is 8.93. The molecule has 1 fully saturated rings. The Morgan fingerprint density at radius 1 is 0.828 bits per heavy atom. The first kappa shape index (κ1) is 23.2. The summed E-state index contributed by atoms with van der Waals surface area (Å²) in [6.07, 6.45) is 15.0. The van der Waals surface area contributed by atoms with Crippen LogP contribution in [0.15, 0.2) is 60.2 Å². The lowest BCUT2D eigenvalue weighted by Gasteiger charge is -2.13. The minimum Gasteiger partial charge on any atom is -0.0843 e. The van der Waals surface area contributed by atoms with E-state index in [1.54, 1.807) is 5.57 Å². The summed E-state index contributed by atoms with van der Waals surface area (Å²) in [5.74, 6) is 0.953. The SMILES string of the molecule is C1=CC(C2CC2)=CCCC1.CC.CCc1ccc(C)cc1-c1cc(C)ccc1C. The topological polar surface area (TPSA) is 0 Å². The Labute approximate surface area is 179 Å². The summed E-state index contributed by atoms with van der Waals surface area (Å²) < 4.78 is 0. The number of allylic oxidation sites excluding steroid dienone is 4. The molecule has 0 amide bonds. The zero-order valence-electron chi connectivity index (χ0n) is 19.5. The minimum atomic E-state index is 0.953. The van der Waals surface area contributed by atoms with Gasteiger partial charge in [0.25, 0.3) is 0 Å². The number of rotatable bonds is 3. The third kappa shape index (κ3) is 7.03. The molecular formula is C29H40. The summed E-state index contributed by atoms with van der Waals surface area (Å²) >= 11 is 0. The maximum Gasteiger partial charge on any atom is -0.0147 e. The van der Waals surface area contributed by atoms with Crippen molar-refractivity contribution in [1.29, 1.82) is 0 Å². The van der Waals surface area contributed by atoms with Gasteiger partial charge in [-0.25, -0.2) is 0 Å². The fourth-order valence-electron chi connectivity index (χ4n) is 3.79. The van der Waals surface area contributed by atoms with Gasteiger partial charge in [0.1, 0.15) is 0 Å². The van der Waals surface area contributed by atoms with E-state index in [9.17, 15) is 0 Å². The molecule has 0 bridgehead atoms. The number of hydrogen-bond donors (Lipinski definition) is 0. The molecule has 0 heteroatoms. The molecule has 2 aliphatic carbocycles. The van der Waals surface area contributed by atoms with Crippen LogP contribution in [0.4, 0.5) is 0 Å². The second kappa shape index (κ2) is 11.8. The van der Waals surface area contributed by atoms with E-state index in [0.717, 1.165) is 12.3 Å². The van der Waals surface area contributed by atoms with Crippen molar-refractivity contribution >= 4 is 0 Å². The molecular weight excluding hydrogens is 348 g/mol. The summed E-state index contributed by atoms with van der Waals surface area (Å²) in [6, 6.07) is 13.5. The van der Waals surface area contributed by atoms with E-state index in [2.05, 4.69) is 82.3 Å². The van der Waals surface area contributed by atoms with Gasteiger partial charge in [0, 0.05) is 0 Å². The Morgan fingerprint density at radius 2 is 1.48 bits per heavy atom. The molecule has 29 heavy (non-hydrogen) atoms. The highest BCUT2D eigenvalue weighted by atomic mass is 14.3. The van der Waals surface area contributed by atoms with Crippen LogP contribution in [-0.2, 0) is 6.42 Å². The second-order valence-electron chi connectivity index (χ2n) is 8.14. The highest BCUT2D eigenvalue weighted by Gasteiger charge is 2.24. The fraction of sp³-hybridized carbons (Fsp3) is 0.448. The van der Waals surface area contributed by atoms with Crippen molar-refractivity contribution in [3.63, 3.8) is 0 Å². The van der Waals surface area contributed by atoms with Crippen LogP contribution in [0.5, 0.6) is 0 Å². The third-order valence-corrected chi connectivity index (χ3v) is 5.64. The molecule has 0 nitrogen and oxygen atoms in total. The molecule has 0 aromatic heterocycles. The Balaban J connectivity index is 0.000000212. The van der Waals surface area contributed by atoms with Crippen molar-refractivity contribution in [2.45, 2.75) is 80.1 Å². The molecule has 0 aliphatic heterocycles. The Bertz CT molecular complexity index is 831. The van der Waals surface area contributed by atoms with E-state index < -0.39 is 0 Å². The standard InChI is InChI=1S/C17H20.C10H14.C2H6/c1-5-15-9-7-13(3)11-17(15)16-10-12(2)6-8-14(16)4;1-2-4-6-9(5-3-1)10-7-8-10;1-2/h6-11H,5H2,1-4H3;3,5-6,10H,1-2,4,7-8H2;1-2H3. The molecule has 156 valence electrons. The fourth-order valence-corrected chi connectivity index (χ4v) is 3.79. The molecule has 4 rings (SSSR count). The van der Waals surface area contributed by atoms with E-state index in [0.29, 0.717) is 0 Å². The van der Waals surface area contributed by atoms with Gasteiger partial charge in [-0.15, -0.1) is 0 Å². The van der Waals surface area contributed by atoms with Gasteiger partial charge in [0.05, 0.1) is 0 Å². The van der Waals surface area contributed by atoms with Gasteiger partial charge in [-0.3, -0.25) is 0 Å². The third-order valence-electron chi connectivity index (χ3n) is 5.64. The molecule has 0 atom stereocenters. The van der Waals surface area contributed by atoms with Crippen molar-refractivity contribution in [2.75, 3.05) is 0 Å². The molecule has 0 saturated heterocycles. The first-order valence-electron chi connectivity index (χ1n) is 11.6. The van der Waals surface area contributed by atoms with Gasteiger partial charge in [-0.1, -0.05) is 86.5 Å². The van der Waals surface area contributed by atoms with E-state index in [-0.39, 0.29) is 0 Å². The number of benzene rings is 2. The van der Waals surface area contributed by atoms with Crippen LogP contribution in [0.1, 0.15) is 75.1 Å². The molecule has 0 radical (unpaired) electrons. The first-order chi connectivity index (χ1) is 14.1. The van der Waals surface area contributed by atoms with Gasteiger partial charge < -0.3 is 0 Å². The van der Waals surface area contributed by atoms with E-state index in [1.165, 1.54) is 65.5 Å². The van der Waals surface area contributed by atoms with Gasteiger partial charge in [0.15, 0.2) is 0 Å². The summed E-state index contributed by atoms with van der Waals surface area (Å²) in [7, 11) is 0. The Hall–Kier alpha value is -2.08. The summed E-state index contributed by atoms with van der Waals surface area (Å²) in [5, 5.41) is 0. The maximum absolute atomic E-state index is 2.43. The number of hydrogen-bond acceptors (Lipinski definition) is 0. The lowest BCUT2D eigenvalue weighted by atomic mass is 9.92. The first-order valence-corrected chi connectivity index (χ1v) is 11.6. The van der Waals surface area contributed by atoms with Crippen molar-refractivity contribution < 1.29 is 0 Å². The molecule has 0 spiro atoms. The van der Waals surface area contributed by atoms with Crippen LogP contribution in [0, 0.1) is 26.7 Å².